The van der Waals surface area contributed by atoms with Gasteiger partial charge in [-0.15, -0.1) is 11.3 Å². The van der Waals surface area contributed by atoms with Crippen LogP contribution in [0.5, 0.6) is 0 Å². The van der Waals surface area contributed by atoms with Crippen molar-refractivity contribution in [1.29, 1.82) is 0 Å². The van der Waals surface area contributed by atoms with Crippen LogP contribution in [-0.2, 0) is 24.2 Å². The molecule has 0 aliphatic heterocycles. The maximum absolute atomic E-state index is 13.4. The number of rotatable bonds is 6. The van der Waals surface area contributed by atoms with Gasteiger partial charge < -0.3 is 5.73 Å². The van der Waals surface area contributed by atoms with Crippen molar-refractivity contribution in [3.63, 3.8) is 0 Å². The van der Waals surface area contributed by atoms with E-state index in [0.29, 0.717) is 17.5 Å². The first-order valence-corrected chi connectivity index (χ1v) is 10.9. The number of fused-ring (bicyclic) bond motifs is 3. The molecular weight excluding hydrogens is 378 g/mol. The number of nitrogens with zero attached hydrogens (tertiary/aromatic N) is 2. The molecule has 140 valence electrons. The molecule has 4 rings (SSSR count). The lowest BCUT2D eigenvalue weighted by atomic mass is 9.97. The molecule has 0 fully saturated rings. The largest absolute Gasteiger partial charge is 0.370 e. The van der Waals surface area contributed by atoms with Crippen molar-refractivity contribution in [2.45, 2.75) is 43.8 Å². The fourth-order valence-electron chi connectivity index (χ4n) is 3.48. The van der Waals surface area contributed by atoms with E-state index in [1.54, 1.807) is 15.9 Å². The first-order chi connectivity index (χ1) is 13.1. The Labute approximate surface area is 165 Å². The Bertz CT molecular complexity index is 1040. The van der Waals surface area contributed by atoms with E-state index in [0.717, 1.165) is 35.0 Å². The van der Waals surface area contributed by atoms with Crippen molar-refractivity contribution in [3.8, 4) is 0 Å². The third-order valence-corrected chi connectivity index (χ3v) is 6.97. The van der Waals surface area contributed by atoms with Gasteiger partial charge in [0.15, 0.2) is 5.16 Å². The van der Waals surface area contributed by atoms with Gasteiger partial charge in [0.05, 0.1) is 11.9 Å². The van der Waals surface area contributed by atoms with Crippen LogP contribution in [0.15, 0.2) is 40.3 Å². The number of carbonyl (C=O) groups excluding carboxylic acids is 1. The molecule has 0 saturated carbocycles. The van der Waals surface area contributed by atoms with Crippen LogP contribution >= 0.6 is 23.1 Å². The molecule has 0 radical (unpaired) electrons. The molecule has 2 aromatic heterocycles. The average molecular weight is 400 g/mol. The number of primary amides is 1. The summed E-state index contributed by atoms with van der Waals surface area (Å²) < 4.78 is 1.75. The molecule has 0 atom stereocenters. The fraction of sp³-hybridized carbons (Fsp3) is 0.350. The van der Waals surface area contributed by atoms with E-state index in [-0.39, 0.29) is 17.9 Å². The molecule has 1 aliphatic rings. The summed E-state index contributed by atoms with van der Waals surface area (Å²) in [5.41, 5.74) is 7.56. The van der Waals surface area contributed by atoms with Gasteiger partial charge >= 0.3 is 0 Å². The predicted molar refractivity (Wildman–Crippen MR) is 111 cm³/mol. The monoisotopic (exact) mass is 399 g/mol. The molecular formula is C20H21N3O2S2. The first-order valence-electron chi connectivity index (χ1n) is 9.13. The van der Waals surface area contributed by atoms with Crippen LogP contribution in [-0.4, -0.2) is 21.2 Å². The molecule has 2 N–H and O–H groups in total. The Morgan fingerprint density at radius 2 is 2.00 bits per heavy atom. The Morgan fingerprint density at radius 3 is 2.78 bits per heavy atom. The molecule has 0 saturated heterocycles. The highest BCUT2D eigenvalue weighted by Gasteiger charge is 2.22. The van der Waals surface area contributed by atoms with Gasteiger partial charge in [-0.25, -0.2) is 4.98 Å². The Hall–Kier alpha value is -2.12. The minimum atomic E-state index is -0.341. The quantitative estimate of drug-likeness (QED) is 0.509. The van der Waals surface area contributed by atoms with Gasteiger partial charge in [-0.3, -0.25) is 14.2 Å². The molecule has 1 aliphatic carbocycles. The van der Waals surface area contributed by atoms with Crippen LogP contribution in [0.1, 0.15) is 35.3 Å². The summed E-state index contributed by atoms with van der Waals surface area (Å²) in [6, 6.07) is 9.93. The lowest BCUT2D eigenvalue weighted by molar-refractivity contribution is -0.117. The summed E-state index contributed by atoms with van der Waals surface area (Å²) in [5, 5.41) is 1.46. The van der Waals surface area contributed by atoms with Gasteiger partial charge in [0.1, 0.15) is 4.83 Å². The maximum Gasteiger partial charge on any atom is 0.263 e. The molecule has 0 bridgehead atoms. The van der Waals surface area contributed by atoms with E-state index < -0.39 is 0 Å². The van der Waals surface area contributed by atoms with Crippen LogP contribution < -0.4 is 11.3 Å². The summed E-state index contributed by atoms with van der Waals surface area (Å²) in [4.78, 5) is 31.5. The van der Waals surface area contributed by atoms with Crippen molar-refractivity contribution in [2.75, 3.05) is 5.75 Å². The summed E-state index contributed by atoms with van der Waals surface area (Å²) in [7, 11) is 0. The molecule has 0 spiro atoms. The third kappa shape index (κ3) is 3.80. The third-order valence-electron chi connectivity index (χ3n) is 4.80. The lowest BCUT2D eigenvalue weighted by Crippen LogP contribution is -2.24. The molecule has 7 heteroatoms. The highest BCUT2D eigenvalue weighted by Crippen LogP contribution is 2.34. The number of benzene rings is 1. The Kier molecular flexibility index (Phi) is 5.31. The van der Waals surface area contributed by atoms with Gasteiger partial charge in [-0.05, 0) is 36.8 Å². The number of nitrogens with two attached hydrogens (primary N) is 1. The van der Waals surface area contributed by atoms with Crippen molar-refractivity contribution in [2.24, 2.45) is 5.73 Å². The number of hydrogen-bond donors (Lipinski definition) is 1. The Balaban J connectivity index is 1.81. The molecule has 0 unspecified atom stereocenters. The van der Waals surface area contributed by atoms with Crippen LogP contribution in [0.4, 0.5) is 0 Å². The second kappa shape index (κ2) is 7.86. The number of aryl methyl sites for hydroxylation is 2. The zero-order valence-corrected chi connectivity index (χ0v) is 16.6. The van der Waals surface area contributed by atoms with Gasteiger partial charge in [0.25, 0.3) is 5.56 Å². The topological polar surface area (TPSA) is 78.0 Å². The van der Waals surface area contributed by atoms with Crippen LogP contribution in [0.2, 0.25) is 0 Å². The minimum absolute atomic E-state index is 0.0322. The van der Waals surface area contributed by atoms with E-state index in [4.69, 9.17) is 10.7 Å². The fourth-order valence-corrected chi connectivity index (χ4v) is 5.73. The van der Waals surface area contributed by atoms with Crippen LogP contribution in [0.3, 0.4) is 0 Å². The zero-order valence-electron chi connectivity index (χ0n) is 14.9. The molecule has 5 nitrogen and oxygen atoms in total. The Morgan fingerprint density at radius 1 is 1.22 bits per heavy atom. The summed E-state index contributed by atoms with van der Waals surface area (Å²) >= 11 is 3.08. The smallest absolute Gasteiger partial charge is 0.263 e. The number of hydrogen-bond acceptors (Lipinski definition) is 5. The summed E-state index contributed by atoms with van der Waals surface area (Å²) in [6.45, 7) is 0.478. The second-order valence-electron chi connectivity index (χ2n) is 6.73. The van der Waals surface area contributed by atoms with Crippen molar-refractivity contribution < 1.29 is 4.79 Å². The van der Waals surface area contributed by atoms with Gasteiger partial charge in [0.2, 0.25) is 5.91 Å². The molecule has 27 heavy (non-hydrogen) atoms. The number of aromatic nitrogens is 2. The first kappa shape index (κ1) is 18.3. The zero-order chi connectivity index (χ0) is 18.8. The van der Waals surface area contributed by atoms with Crippen molar-refractivity contribution in [3.05, 3.63) is 56.7 Å². The maximum atomic E-state index is 13.4. The summed E-state index contributed by atoms with van der Waals surface area (Å²) in [5.74, 6) is 0.180. The summed E-state index contributed by atoms with van der Waals surface area (Å²) in [6.07, 6.45) is 4.58. The van der Waals surface area contributed by atoms with E-state index in [1.165, 1.54) is 28.6 Å². The predicted octanol–water partition coefficient (Wildman–Crippen LogP) is 3.35. The highest BCUT2D eigenvalue weighted by atomic mass is 32.2. The number of thioether (sulfide) groups is 1. The lowest BCUT2D eigenvalue weighted by Gasteiger charge is -2.13. The van der Waals surface area contributed by atoms with Crippen LogP contribution in [0, 0.1) is 0 Å². The van der Waals surface area contributed by atoms with Gasteiger partial charge in [-0.1, -0.05) is 42.1 Å². The number of thiophene rings is 1. The van der Waals surface area contributed by atoms with E-state index in [1.807, 2.05) is 30.3 Å². The second-order valence-corrected chi connectivity index (χ2v) is 8.87. The highest BCUT2D eigenvalue weighted by molar-refractivity contribution is 7.99. The van der Waals surface area contributed by atoms with Crippen molar-refractivity contribution in [1.82, 2.24) is 9.55 Å². The van der Waals surface area contributed by atoms with Crippen molar-refractivity contribution >= 4 is 39.2 Å². The van der Waals surface area contributed by atoms with E-state index in [2.05, 4.69) is 0 Å². The van der Waals surface area contributed by atoms with Crippen LogP contribution in [0.25, 0.3) is 10.2 Å². The molecule has 3 aromatic rings. The normalized spacial score (nSPS) is 13.6. The standard InChI is InChI=1S/C20H21N3O2S2/c21-16(24)10-11-26-20-22-18-17(14-8-4-5-9-15(14)27-18)19(25)23(20)12-13-6-2-1-3-7-13/h1-3,6-7H,4-5,8-12H2,(H2,21,24). The van der Waals surface area contributed by atoms with E-state index in [9.17, 15) is 9.59 Å². The van der Waals surface area contributed by atoms with Gasteiger partial charge in [0, 0.05) is 17.1 Å². The minimum Gasteiger partial charge on any atom is -0.370 e. The SMILES string of the molecule is NC(=O)CCSc1nc2sc3c(c2c(=O)n1Cc1ccccc1)CCCC3. The number of amides is 1. The molecule has 1 amide bonds. The number of carbonyl (C=O) groups is 1. The molecule has 1 aromatic carbocycles. The van der Waals surface area contributed by atoms with Gasteiger partial charge in [-0.2, -0.15) is 0 Å². The van der Waals surface area contributed by atoms with E-state index >= 15 is 0 Å². The average Bonchev–Trinajstić information content (AvgIpc) is 3.03. The molecule has 2 heterocycles.